The first-order valence-corrected chi connectivity index (χ1v) is 5.59. The fourth-order valence-electron chi connectivity index (χ4n) is 1.45. The number of anilines is 1. The minimum absolute atomic E-state index is 0.0265. The first-order valence-electron chi connectivity index (χ1n) is 5.59. The van der Waals surface area contributed by atoms with Crippen molar-refractivity contribution in [3.05, 3.63) is 30.1 Å². The SMILES string of the molecule is CCC(CCO)NC(=O)Nc1cccc(F)c1. The lowest BCUT2D eigenvalue weighted by Gasteiger charge is -2.16. The molecule has 0 aliphatic heterocycles. The molecular formula is C12H17FN2O2. The topological polar surface area (TPSA) is 61.4 Å². The number of hydrogen-bond donors (Lipinski definition) is 3. The Hall–Kier alpha value is -1.62. The van der Waals surface area contributed by atoms with Crippen LogP contribution in [-0.4, -0.2) is 23.8 Å². The number of aliphatic hydroxyl groups excluding tert-OH is 1. The van der Waals surface area contributed by atoms with Crippen LogP contribution in [0.4, 0.5) is 14.9 Å². The molecule has 2 amide bonds. The Balaban J connectivity index is 2.49. The first-order chi connectivity index (χ1) is 8.15. The predicted molar refractivity (Wildman–Crippen MR) is 64.3 cm³/mol. The Morgan fingerprint density at radius 1 is 1.53 bits per heavy atom. The third kappa shape index (κ3) is 4.82. The summed E-state index contributed by atoms with van der Waals surface area (Å²) in [7, 11) is 0. The van der Waals surface area contributed by atoms with Gasteiger partial charge < -0.3 is 15.7 Å². The summed E-state index contributed by atoms with van der Waals surface area (Å²) < 4.78 is 12.9. The van der Waals surface area contributed by atoms with Gasteiger partial charge in [-0.25, -0.2) is 9.18 Å². The Kier molecular flexibility index (Phi) is 5.42. The average molecular weight is 240 g/mol. The molecule has 0 saturated heterocycles. The monoisotopic (exact) mass is 240 g/mol. The van der Waals surface area contributed by atoms with Crippen LogP contribution >= 0.6 is 0 Å². The van der Waals surface area contributed by atoms with E-state index in [1.165, 1.54) is 18.2 Å². The fourth-order valence-corrected chi connectivity index (χ4v) is 1.45. The Labute approximate surface area is 99.8 Å². The molecule has 3 N–H and O–H groups in total. The third-order valence-electron chi connectivity index (χ3n) is 2.39. The fraction of sp³-hybridized carbons (Fsp3) is 0.417. The maximum atomic E-state index is 12.9. The minimum atomic E-state index is -0.398. The molecule has 0 radical (unpaired) electrons. The summed E-state index contributed by atoms with van der Waals surface area (Å²) in [5.41, 5.74) is 0.404. The molecule has 0 bridgehead atoms. The van der Waals surface area contributed by atoms with Gasteiger partial charge in [-0.15, -0.1) is 0 Å². The molecule has 1 aromatic rings. The molecule has 1 aromatic carbocycles. The van der Waals surface area contributed by atoms with Crippen LogP contribution in [-0.2, 0) is 0 Å². The second kappa shape index (κ2) is 6.85. The van der Waals surface area contributed by atoms with Gasteiger partial charge in [0.25, 0.3) is 0 Å². The lowest BCUT2D eigenvalue weighted by atomic mass is 10.2. The summed E-state index contributed by atoms with van der Waals surface area (Å²) in [5.74, 6) is -0.398. The summed E-state index contributed by atoms with van der Waals surface area (Å²) in [6, 6.07) is 5.21. The molecule has 1 rings (SSSR count). The van der Waals surface area contributed by atoms with E-state index in [0.717, 1.165) is 6.42 Å². The van der Waals surface area contributed by atoms with Crippen molar-refractivity contribution in [2.75, 3.05) is 11.9 Å². The number of amides is 2. The van der Waals surface area contributed by atoms with E-state index in [9.17, 15) is 9.18 Å². The summed E-state index contributed by atoms with van der Waals surface area (Å²) in [4.78, 5) is 11.5. The maximum Gasteiger partial charge on any atom is 0.319 e. The molecule has 4 nitrogen and oxygen atoms in total. The van der Waals surface area contributed by atoms with E-state index in [4.69, 9.17) is 5.11 Å². The number of halogens is 1. The van der Waals surface area contributed by atoms with Gasteiger partial charge in [0.1, 0.15) is 5.82 Å². The van der Waals surface area contributed by atoms with E-state index < -0.39 is 11.8 Å². The second-order valence-electron chi connectivity index (χ2n) is 3.73. The Morgan fingerprint density at radius 2 is 2.29 bits per heavy atom. The van der Waals surface area contributed by atoms with Gasteiger partial charge in [0.05, 0.1) is 0 Å². The highest BCUT2D eigenvalue weighted by Crippen LogP contribution is 2.09. The molecule has 94 valence electrons. The number of carbonyl (C=O) groups is 1. The van der Waals surface area contributed by atoms with Crippen LogP contribution in [0.2, 0.25) is 0 Å². The molecule has 0 aliphatic rings. The van der Waals surface area contributed by atoms with Gasteiger partial charge in [0.15, 0.2) is 0 Å². The molecule has 0 aromatic heterocycles. The van der Waals surface area contributed by atoms with Crippen molar-refractivity contribution in [2.45, 2.75) is 25.8 Å². The maximum absolute atomic E-state index is 12.9. The van der Waals surface area contributed by atoms with Gasteiger partial charge in [-0.2, -0.15) is 0 Å². The van der Waals surface area contributed by atoms with Crippen LogP contribution in [0.3, 0.4) is 0 Å². The van der Waals surface area contributed by atoms with Gasteiger partial charge in [0.2, 0.25) is 0 Å². The third-order valence-corrected chi connectivity index (χ3v) is 2.39. The highest BCUT2D eigenvalue weighted by Gasteiger charge is 2.09. The van der Waals surface area contributed by atoms with Crippen molar-refractivity contribution in [3.63, 3.8) is 0 Å². The van der Waals surface area contributed by atoms with E-state index >= 15 is 0 Å². The number of aliphatic hydroxyl groups is 1. The van der Waals surface area contributed by atoms with Crippen molar-refractivity contribution < 1.29 is 14.3 Å². The number of rotatable bonds is 5. The molecule has 1 atom stereocenters. The largest absolute Gasteiger partial charge is 0.396 e. The van der Waals surface area contributed by atoms with Crippen molar-refractivity contribution in [3.8, 4) is 0 Å². The summed E-state index contributed by atoms with van der Waals surface area (Å²) in [6.45, 7) is 1.95. The standard InChI is InChI=1S/C12H17FN2O2/c1-2-10(6-7-16)14-12(17)15-11-5-3-4-9(13)8-11/h3-5,8,10,16H,2,6-7H2,1H3,(H2,14,15,17). The van der Waals surface area contributed by atoms with Crippen LogP contribution in [0, 0.1) is 5.82 Å². The molecule has 0 heterocycles. The van der Waals surface area contributed by atoms with E-state index in [1.54, 1.807) is 6.07 Å². The minimum Gasteiger partial charge on any atom is -0.396 e. The summed E-state index contributed by atoms with van der Waals surface area (Å²) >= 11 is 0. The van der Waals surface area contributed by atoms with Crippen LogP contribution in [0.25, 0.3) is 0 Å². The highest BCUT2D eigenvalue weighted by molar-refractivity contribution is 5.89. The Morgan fingerprint density at radius 3 is 2.88 bits per heavy atom. The van der Waals surface area contributed by atoms with Crippen molar-refractivity contribution in [1.29, 1.82) is 0 Å². The zero-order valence-electron chi connectivity index (χ0n) is 9.74. The zero-order chi connectivity index (χ0) is 12.7. The van der Waals surface area contributed by atoms with Crippen LogP contribution < -0.4 is 10.6 Å². The van der Waals surface area contributed by atoms with Gasteiger partial charge in [-0.3, -0.25) is 0 Å². The number of urea groups is 1. The van der Waals surface area contributed by atoms with Crippen molar-refractivity contribution in [2.24, 2.45) is 0 Å². The van der Waals surface area contributed by atoms with E-state index in [2.05, 4.69) is 10.6 Å². The molecule has 0 saturated carbocycles. The lowest BCUT2D eigenvalue weighted by molar-refractivity contribution is 0.237. The van der Waals surface area contributed by atoms with Gasteiger partial charge in [0, 0.05) is 18.3 Å². The van der Waals surface area contributed by atoms with Gasteiger partial charge in [-0.05, 0) is 31.0 Å². The van der Waals surface area contributed by atoms with E-state index in [1.807, 2.05) is 6.92 Å². The smallest absolute Gasteiger partial charge is 0.319 e. The molecule has 0 spiro atoms. The molecule has 5 heteroatoms. The summed E-state index contributed by atoms with van der Waals surface area (Å²) in [5, 5.41) is 14.0. The van der Waals surface area contributed by atoms with Crippen LogP contribution in [0.5, 0.6) is 0 Å². The average Bonchev–Trinajstić information content (AvgIpc) is 2.28. The van der Waals surface area contributed by atoms with Gasteiger partial charge in [-0.1, -0.05) is 13.0 Å². The predicted octanol–water partition coefficient (Wildman–Crippen LogP) is 2.11. The lowest BCUT2D eigenvalue weighted by Crippen LogP contribution is -2.38. The van der Waals surface area contributed by atoms with Gasteiger partial charge >= 0.3 is 6.03 Å². The van der Waals surface area contributed by atoms with E-state index in [-0.39, 0.29) is 12.6 Å². The second-order valence-corrected chi connectivity index (χ2v) is 3.73. The summed E-state index contributed by atoms with van der Waals surface area (Å²) in [6.07, 6.45) is 1.24. The van der Waals surface area contributed by atoms with Crippen LogP contribution in [0.1, 0.15) is 19.8 Å². The quantitative estimate of drug-likeness (QED) is 0.738. The molecule has 0 aliphatic carbocycles. The Bertz CT molecular complexity index is 371. The van der Waals surface area contributed by atoms with Crippen molar-refractivity contribution in [1.82, 2.24) is 5.32 Å². The number of carbonyl (C=O) groups excluding carboxylic acids is 1. The highest BCUT2D eigenvalue weighted by atomic mass is 19.1. The number of benzene rings is 1. The zero-order valence-corrected chi connectivity index (χ0v) is 9.74. The number of nitrogens with one attached hydrogen (secondary N) is 2. The van der Waals surface area contributed by atoms with Crippen LogP contribution in [0.15, 0.2) is 24.3 Å². The molecule has 1 unspecified atom stereocenters. The number of hydrogen-bond acceptors (Lipinski definition) is 2. The molecular weight excluding hydrogens is 223 g/mol. The molecule has 17 heavy (non-hydrogen) atoms. The normalized spacial score (nSPS) is 11.9. The van der Waals surface area contributed by atoms with Crippen molar-refractivity contribution >= 4 is 11.7 Å². The molecule has 0 fully saturated rings. The van der Waals surface area contributed by atoms with E-state index in [0.29, 0.717) is 12.1 Å². The first kappa shape index (κ1) is 13.4.